The molecule has 1 heterocycles. The molecule has 0 aliphatic carbocycles. The smallest absolute Gasteiger partial charge is 0.254 e. The molecule has 3 rings (SSSR count). The van der Waals surface area contributed by atoms with Gasteiger partial charge in [-0.05, 0) is 42.3 Å². The average Bonchev–Trinajstić information content (AvgIpc) is 2.76. The molecule has 2 amide bonds. The summed E-state index contributed by atoms with van der Waals surface area (Å²) >= 11 is 0. The molecule has 3 N–H and O–H groups in total. The Bertz CT molecular complexity index is 897. The van der Waals surface area contributed by atoms with Crippen molar-refractivity contribution < 1.29 is 14.0 Å². The predicted molar refractivity (Wildman–Crippen MR) is 113 cm³/mol. The topological polar surface area (TPSA) is 85.8 Å². The number of hydrogen-bond donors (Lipinski definition) is 3. The molecular weight excluding hydrogens is 385 g/mol. The maximum atomic E-state index is 13.0. The summed E-state index contributed by atoms with van der Waals surface area (Å²) in [5.74, 6) is 0.116. The second-order valence-electron chi connectivity index (χ2n) is 6.95. The lowest BCUT2D eigenvalue weighted by molar-refractivity contribution is -0.123. The van der Waals surface area contributed by atoms with Crippen molar-refractivity contribution in [2.24, 2.45) is 4.99 Å². The van der Waals surface area contributed by atoms with Gasteiger partial charge in [0.15, 0.2) is 5.96 Å². The van der Waals surface area contributed by atoms with Crippen molar-refractivity contribution in [2.75, 3.05) is 26.2 Å². The van der Waals surface area contributed by atoms with Gasteiger partial charge in [0, 0.05) is 31.7 Å². The second kappa shape index (κ2) is 10.4. The highest BCUT2D eigenvalue weighted by atomic mass is 19.1. The molecular formula is C22H26FN5O2. The van der Waals surface area contributed by atoms with Gasteiger partial charge >= 0.3 is 0 Å². The van der Waals surface area contributed by atoms with E-state index in [0.29, 0.717) is 44.2 Å². The number of hydrogen-bond acceptors (Lipinski definition) is 3. The first-order valence-corrected chi connectivity index (χ1v) is 9.96. The van der Waals surface area contributed by atoms with E-state index in [2.05, 4.69) is 20.9 Å². The van der Waals surface area contributed by atoms with Crippen LogP contribution in [0.1, 0.15) is 28.4 Å². The van der Waals surface area contributed by atoms with E-state index in [1.165, 1.54) is 12.1 Å². The minimum Gasteiger partial charge on any atom is -0.357 e. The van der Waals surface area contributed by atoms with Crippen LogP contribution in [0.3, 0.4) is 0 Å². The maximum Gasteiger partial charge on any atom is 0.254 e. The molecule has 0 bridgehead atoms. The molecule has 0 aromatic heterocycles. The van der Waals surface area contributed by atoms with Gasteiger partial charge < -0.3 is 20.9 Å². The molecule has 2 aromatic rings. The fourth-order valence-corrected chi connectivity index (χ4v) is 3.05. The molecule has 1 aliphatic heterocycles. The molecule has 0 saturated carbocycles. The van der Waals surface area contributed by atoms with E-state index in [1.807, 2.05) is 19.1 Å². The summed E-state index contributed by atoms with van der Waals surface area (Å²) in [4.78, 5) is 30.1. The van der Waals surface area contributed by atoms with E-state index in [0.717, 1.165) is 11.1 Å². The quantitative estimate of drug-likeness (QED) is 0.499. The molecule has 0 radical (unpaired) electrons. The third-order valence-corrected chi connectivity index (χ3v) is 4.66. The zero-order valence-electron chi connectivity index (χ0n) is 17.0. The summed E-state index contributed by atoms with van der Waals surface area (Å²) in [6.45, 7) is 4.76. The number of piperazine rings is 1. The Morgan fingerprint density at radius 2 is 1.80 bits per heavy atom. The lowest BCUT2D eigenvalue weighted by Crippen LogP contribution is -2.49. The Balaban J connectivity index is 1.57. The Labute approximate surface area is 175 Å². The van der Waals surface area contributed by atoms with E-state index in [4.69, 9.17) is 0 Å². The zero-order chi connectivity index (χ0) is 21.3. The first-order chi connectivity index (χ1) is 14.5. The standard InChI is InChI=1S/C22H26FN5O2/c1-2-24-22(27-14-17-5-9-19(23)10-6-17)26-13-16-3-7-18(8-4-16)21(30)28-12-11-25-20(29)15-28/h3-10H,2,11-15H2,1H3,(H,25,29)(H2,24,26,27). The number of carbonyl (C=O) groups excluding carboxylic acids is 2. The Morgan fingerprint density at radius 1 is 1.10 bits per heavy atom. The van der Waals surface area contributed by atoms with Gasteiger partial charge in [0.1, 0.15) is 5.82 Å². The monoisotopic (exact) mass is 411 g/mol. The van der Waals surface area contributed by atoms with E-state index in [1.54, 1.807) is 29.2 Å². The molecule has 158 valence electrons. The van der Waals surface area contributed by atoms with Crippen molar-refractivity contribution in [3.05, 3.63) is 71.0 Å². The number of carbonyl (C=O) groups is 2. The second-order valence-corrected chi connectivity index (χ2v) is 6.95. The number of guanidine groups is 1. The van der Waals surface area contributed by atoms with Crippen LogP contribution in [-0.4, -0.2) is 48.9 Å². The fourth-order valence-electron chi connectivity index (χ4n) is 3.05. The van der Waals surface area contributed by atoms with Crippen LogP contribution in [-0.2, 0) is 17.9 Å². The predicted octanol–water partition coefficient (Wildman–Crippen LogP) is 1.65. The highest BCUT2D eigenvalue weighted by molar-refractivity contribution is 5.97. The summed E-state index contributed by atoms with van der Waals surface area (Å²) in [7, 11) is 0. The average molecular weight is 411 g/mol. The molecule has 0 unspecified atom stereocenters. The van der Waals surface area contributed by atoms with Gasteiger partial charge in [0.2, 0.25) is 5.91 Å². The van der Waals surface area contributed by atoms with Crippen LogP contribution < -0.4 is 16.0 Å². The van der Waals surface area contributed by atoms with Crippen molar-refractivity contribution in [1.29, 1.82) is 0 Å². The van der Waals surface area contributed by atoms with Crippen LogP contribution in [0.4, 0.5) is 4.39 Å². The van der Waals surface area contributed by atoms with Crippen molar-refractivity contribution in [3.8, 4) is 0 Å². The Hall–Kier alpha value is -3.42. The third-order valence-electron chi connectivity index (χ3n) is 4.66. The molecule has 8 heteroatoms. The lowest BCUT2D eigenvalue weighted by atomic mass is 10.1. The summed E-state index contributed by atoms with van der Waals surface area (Å²) < 4.78 is 13.0. The number of amides is 2. The van der Waals surface area contributed by atoms with Gasteiger partial charge in [0.25, 0.3) is 5.91 Å². The molecule has 1 fully saturated rings. The third kappa shape index (κ3) is 6.04. The number of benzene rings is 2. The van der Waals surface area contributed by atoms with Crippen LogP contribution >= 0.6 is 0 Å². The first-order valence-electron chi connectivity index (χ1n) is 9.96. The molecule has 1 aliphatic rings. The van der Waals surface area contributed by atoms with Gasteiger partial charge in [-0.1, -0.05) is 24.3 Å². The first kappa shape index (κ1) is 21.3. The van der Waals surface area contributed by atoms with Gasteiger partial charge in [-0.3, -0.25) is 9.59 Å². The number of rotatable bonds is 6. The zero-order valence-corrected chi connectivity index (χ0v) is 17.0. The van der Waals surface area contributed by atoms with Crippen LogP contribution in [0.25, 0.3) is 0 Å². The van der Waals surface area contributed by atoms with E-state index in [9.17, 15) is 14.0 Å². The largest absolute Gasteiger partial charge is 0.357 e. The van der Waals surface area contributed by atoms with E-state index >= 15 is 0 Å². The van der Waals surface area contributed by atoms with Gasteiger partial charge in [-0.25, -0.2) is 9.38 Å². The number of halogens is 1. The normalized spacial score (nSPS) is 14.3. The number of aliphatic imine (C=N–C) groups is 1. The van der Waals surface area contributed by atoms with E-state index < -0.39 is 0 Å². The maximum absolute atomic E-state index is 13.0. The molecule has 7 nitrogen and oxygen atoms in total. The molecule has 1 saturated heterocycles. The van der Waals surface area contributed by atoms with Crippen LogP contribution in [0.5, 0.6) is 0 Å². The molecule has 2 aromatic carbocycles. The van der Waals surface area contributed by atoms with Crippen LogP contribution in [0.15, 0.2) is 53.5 Å². The Kier molecular flexibility index (Phi) is 7.37. The van der Waals surface area contributed by atoms with Gasteiger partial charge in [-0.2, -0.15) is 0 Å². The molecule has 30 heavy (non-hydrogen) atoms. The Morgan fingerprint density at radius 3 is 2.47 bits per heavy atom. The van der Waals surface area contributed by atoms with Crippen LogP contribution in [0.2, 0.25) is 0 Å². The summed E-state index contributed by atoms with van der Waals surface area (Å²) in [5.41, 5.74) is 2.47. The van der Waals surface area contributed by atoms with Crippen molar-refractivity contribution in [1.82, 2.24) is 20.9 Å². The summed E-state index contributed by atoms with van der Waals surface area (Å²) in [6, 6.07) is 13.6. The SMILES string of the molecule is CCNC(=NCc1ccc(C(=O)N2CCNC(=O)C2)cc1)NCc1ccc(F)cc1. The molecule has 0 spiro atoms. The molecule has 0 atom stereocenters. The minimum absolute atomic E-state index is 0.0939. The highest BCUT2D eigenvalue weighted by Gasteiger charge is 2.22. The lowest BCUT2D eigenvalue weighted by Gasteiger charge is -2.26. The van der Waals surface area contributed by atoms with Crippen molar-refractivity contribution in [2.45, 2.75) is 20.0 Å². The van der Waals surface area contributed by atoms with Crippen molar-refractivity contribution >= 4 is 17.8 Å². The van der Waals surface area contributed by atoms with Crippen molar-refractivity contribution in [3.63, 3.8) is 0 Å². The summed E-state index contributed by atoms with van der Waals surface area (Å²) in [6.07, 6.45) is 0. The highest BCUT2D eigenvalue weighted by Crippen LogP contribution is 2.10. The summed E-state index contributed by atoms with van der Waals surface area (Å²) in [5, 5.41) is 9.11. The fraction of sp³-hybridized carbons (Fsp3) is 0.318. The minimum atomic E-state index is -0.259. The van der Waals surface area contributed by atoms with Gasteiger partial charge in [-0.15, -0.1) is 0 Å². The number of nitrogens with one attached hydrogen (secondary N) is 3. The van der Waals surface area contributed by atoms with E-state index in [-0.39, 0.29) is 24.2 Å². The van der Waals surface area contributed by atoms with Crippen LogP contribution in [0, 0.1) is 5.82 Å². The van der Waals surface area contributed by atoms with Gasteiger partial charge in [0.05, 0.1) is 13.1 Å². The number of nitrogens with zero attached hydrogens (tertiary/aromatic N) is 2.